The summed E-state index contributed by atoms with van der Waals surface area (Å²) in [6.45, 7) is 2.07. The highest BCUT2D eigenvalue weighted by Crippen LogP contribution is 2.24. The predicted molar refractivity (Wildman–Crippen MR) is 67.5 cm³/mol. The van der Waals surface area contributed by atoms with E-state index in [4.69, 9.17) is 10.1 Å². The van der Waals surface area contributed by atoms with Crippen LogP contribution in [0.1, 0.15) is 22.8 Å². The lowest BCUT2D eigenvalue weighted by Gasteiger charge is -2.11. The first-order valence-electron chi connectivity index (χ1n) is 4.83. The van der Waals surface area contributed by atoms with Crippen LogP contribution < -0.4 is 5.32 Å². The largest absolute Gasteiger partial charge is 0.462 e. The molecule has 0 saturated carbocycles. The van der Waals surface area contributed by atoms with Crippen molar-refractivity contribution in [3.8, 4) is 0 Å². The summed E-state index contributed by atoms with van der Waals surface area (Å²) in [7, 11) is 1.74. The number of halogens is 1. The van der Waals surface area contributed by atoms with E-state index in [9.17, 15) is 4.79 Å². The number of carbonyl (C=O) groups excluding carboxylic acids is 1. The van der Waals surface area contributed by atoms with E-state index in [0.717, 1.165) is 10.7 Å². The van der Waals surface area contributed by atoms with Crippen LogP contribution in [0.3, 0.4) is 0 Å². The fraction of sp³-hybridized carbons (Fsp3) is 0.273. The average molecular weight is 285 g/mol. The summed E-state index contributed by atoms with van der Waals surface area (Å²) in [6.07, 6.45) is 1.14. The minimum absolute atomic E-state index is 0.317. The van der Waals surface area contributed by atoms with Gasteiger partial charge in [0.15, 0.2) is 0 Å². The molecule has 5 heteroatoms. The lowest BCUT2D eigenvalue weighted by atomic mass is 10.1. The molecule has 0 aromatic heterocycles. The minimum atomic E-state index is -0.418. The van der Waals surface area contributed by atoms with Crippen molar-refractivity contribution in [2.24, 2.45) is 0 Å². The summed E-state index contributed by atoms with van der Waals surface area (Å²) in [4.78, 5) is 11.7. The third-order valence-electron chi connectivity index (χ3n) is 2.05. The van der Waals surface area contributed by atoms with Crippen LogP contribution in [0, 0.1) is 5.41 Å². The van der Waals surface area contributed by atoms with Gasteiger partial charge < -0.3 is 15.5 Å². The maximum atomic E-state index is 11.7. The van der Waals surface area contributed by atoms with Gasteiger partial charge >= 0.3 is 5.97 Å². The Labute approximate surface area is 103 Å². The van der Waals surface area contributed by atoms with Crippen molar-refractivity contribution in [2.75, 3.05) is 19.0 Å². The molecule has 86 valence electrons. The number of hydrogen-bond donors (Lipinski definition) is 2. The molecule has 0 saturated heterocycles. The Morgan fingerprint density at radius 1 is 1.62 bits per heavy atom. The van der Waals surface area contributed by atoms with Crippen molar-refractivity contribution in [1.82, 2.24) is 0 Å². The molecule has 0 aliphatic carbocycles. The van der Waals surface area contributed by atoms with Gasteiger partial charge in [0.2, 0.25) is 0 Å². The number of ether oxygens (including phenoxy) is 1. The van der Waals surface area contributed by atoms with Crippen LogP contribution >= 0.6 is 15.9 Å². The molecule has 0 radical (unpaired) electrons. The van der Waals surface area contributed by atoms with Crippen LogP contribution in [-0.2, 0) is 4.74 Å². The second kappa shape index (κ2) is 5.65. The highest BCUT2D eigenvalue weighted by Gasteiger charge is 2.15. The molecular weight excluding hydrogens is 272 g/mol. The van der Waals surface area contributed by atoms with Gasteiger partial charge in [0.25, 0.3) is 0 Å². The maximum Gasteiger partial charge on any atom is 0.338 e. The maximum absolute atomic E-state index is 11.7. The molecular formula is C11H13BrN2O2. The molecule has 0 aliphatic rings. The molecule has 1 aromatic carbocycles. The number of rotatable bonds is 4. The van der Waals surface area contributed by atoms with Crippen molar-refractivity contribution in [3.05, 3.63) is 27.7 Å². The quantitative estimate of drug-likeness (QED) is 0.660. The molecule has 16 heavy (non-hydrogen) atoms. The number of nitrogens with one attached hydrogen (secondary N) is 2. The molecule has 0 bridgehead atoms. The molecule has 0 fully saturated rings. The first kappa shape index (κ1) is 12.7. The average Bonchev–Trinajstić information content (AvgIpc) is 2.28. The third-order valence-corrected chi connectivity index (χ3v) is 2.51. The van der Waals surface area contributed by atoms with Crippen molar-refractivity contribution in [3.63, 3.8) is 0 Å². The van der Waals surface area contributed by atoms with E-state index in [1.54, 1.807) is 20.0 Å². The van der Waals surface area contributed by atoms with Crippen molar-refractivity contribution in [1.29, 1.82) is 5.41 Å². The van der Waals surface area contributed by atoms with Crippen LogP contribution in [0.2, 0.25) is 0 Å². The number of carbonyl (C=O) groups is 1. The zero-order valence-corrected chi connectivity index (χ0v) is 10.7. The SMILES string of the molecule is CCOC(=O)c1cc(Br)cc(NC)c1C=N. The van der Waals surface area contributed by atoms with Gasteiger partial charge in [0, 0.05) is 29.0 Å². The van der Waals surface area contributed by atoms with Crippen molar-refractivity contribution in [2.45, 2.75) is 6.92 Å². The van der Waals surface area contributed by atoms with Gasteiger partial charge in [-0.2, -0.15) is 0 Å². The smallest absolute Gasteiger partial charge is 0.338 e. The zero-order chi connectivity index (χ0) is 12.1. The molecule has 1 rings (SSSR count). The normalized spacial score (nSPS) is 9.69. The van der Waals surface area contributed by atoms with Gasteiger partial charge in [-0.3, -0.25) is 0 Å². The van der Waals surface area contributed by atoms with Gasteiger partial charge in [-0.05, 0) is 19.1 Å². The van der Waals surface area contributed by atoms with Crippen LogP contribution in [0.15, 0.2) is 16.6 Å². The van der Waals surface area contributed by atoms with E-state index >= 15 is 0 Å². The summed E-state index contributed by atoms with van der Waals surface area (Å²) in [5, 5.41) is 10.3. The Morgan fingerprint density at radius 3 is 2.81 bits per heavy atom. The molecule has 0 atom stereocenters. The molecule has 0 heterocycles. The van der Waals surface area contributed by atoms with E-state index in [-0.39, 0.29) is 0 Å². The Hall–Kier alpha value is -1.36. The highest BCUT2D eigenvalue weighted by molar-refractivity contribution is 9.10. The first-order valence-corrected chi connectivity index (χ1v) is 5.62. The van der Waals surface area contributed by atoms with Crippen LogP contribution in [0.4, 0.5) is 5.69 Å². The molecule has 0 aliphatic heterocycles. The van der Waals surface area contributed by atoms with E-state index < -0.39 is 5.97 Å². The molecule has 1 aromatic rings. The van der Waals surface area contributed by atoms with Crippen molar-refractivity contribution < 1.29 is 9.53 Å². The fourth-order valence-electron chi connectivity index (χ4n) is 1.36. The number of hydrogen-bond acceptors (Lipinski definition) is 4. The zero-order valence-electron chi connectivity index (χ0n) is 9.13. The standard InChI is InChI=1S/C11H13BrN2O2/c1-3-16-11(15)8-4-7(12)5-10(14-2)9(8)6-13/h4-6,13-14H,3H2,1-2H3. The second-order valence-electron chi connectivity index (χ2n) is 3.03. The third kappa shape index (κ3) is 2.61. The minimum Gasteiger partial charge on any atom is -0.462 e. The Bertz CT molecular complexity index is 419. The number of anilines is 1. The fourth-order valence-corrected chi connectivity index (χ4v) is 1.82. The summed E-state index contributed by atoms with van der Waals surface area (Å²) < 4.78 is 5.70. The predicted octanol–water partition coefficient (Wildman–Crippen LogP) is 2.67. The monoisotopic (exact) mass is 284 g/mol. The topological polar surface area (TPSA) is 62.2 Å². The van der Waals surface area contributed by atoms with Crippen LogP contribution in [0.25, 0.3) is 0 Å². The van der Waals surface area contributed by atoms with Crippen LogP contribution in [-0.4, -0.2) is 25.8 Å². The van der Waals surface area contributed by atoms with Crippen molar-refractivity contribution >= 4 is 33.8 Å². The van der Waals surface area contributed by atoms with E-state index in [1.807, 2.05) is 6.07 Å². The highest BCUT2D eigenvalue weighted by atomic mass is 79.9. The summed E-state index contributed by atoms with van der Waals surface area (Å²) >= 11 is 3.31. The van der Waals surface area contributed by atoms with Gasteiger partial charge in [-0.15, -0.1) is 0 Å². The molecule has 0 spiro atoms. The lowest BCUT2D eigenvalue weighted by molar-refractivity contribution is 0.0526. The van der Waals surface area contributed by atoms with Gasteiger partial charge in [0.1, 0.15) is 0 Å². The Morgan fingerprint density at radius 2 is 2.31 bits per heavy atom. The molecule has 0 amide bonds. The van der Waals surface area contributed by atoms with Crippen LogP contribution in [0.5, 0.6) is 0 Å². The lowest BCUT2D eigenvalue weighted by Crippen LogP contribution is -2.10. The molecule has 2 N–H and O–H groups in total. The summed E-state index contributed by atoms with van der Waals surface area (Å²) in [5.41, 5.74) is 1.63. The summed E-state index contributed by atoms with van der Waals surface area (Å²) in [6, 6.07) is 3.46. The number of benzene rings is 1. The van der Waals surface area contributed by atoms with Gasteiger partial charge in [-0.1, -0.05) is 15.9 Å². The first-order chi connectivity index (χ1) is 7.63. The Balaban J connectivity index is 3.30. The molecule has 4 nitrogen and oxygen atoms in total. The van der Waals surface area contributed by atoms with E-state index in [1.165, 1.54) is 0 Å². The van der Waals surface area contributed by atoms with Gasteiger partial charge in [-0.25, -0.2) is 4.79 Å². The van der Waals surface area contributed by atoms with E-state index in [0.29, 0.717) is 23.4 Å². The molecule has 0 unspecified atom stereocenters. The van der Waals surface area contributed by atoms with E-state index in [2.05, 4.69) is 21.2 Å². The second-order valence-corrected chi connectivity index (χ2v) is 3.95. The Kier molecular flexibility index (Phi) is 4.49. The number of esters is 1. The van der Waals surface area contributed by atoms with Gasteiger partial charge in [0.05, 0.1) is 12.2 Å². The summed E-state index contributed by atoms with van der Waals surface area (Å²) in [5.74, 6) is -0.418.